The minimum Gasteiger partial charge on any atom is -0.321 e. The smallest absolute Gasteiger partial charge is 0.205 e. The Hall–Kier alpha value is -4.39. The Morgan fingerprint density at radius 2 is 1.71 bits per heavy atom. The molecular formula is C28H26N6O. The summed E-state index contributed by atoms with van der Waals surface area (Å²) in [6.45, 7) is 2.76. The van der Waals surface area contributed by atoms with E-state index in [2.05, 4.69) is 81.1 Å². The topological polar surface area (TPSA) is 89.4 Å². The molecule has 2 aromatic heterocycles. The van der Waals surface area contributed by atoms with Gasteiger partial charge in [-0.25, -0.2) is 4.98 Å². The van der Waals surface area contributed by atoms with Crippen molar-refractivity contribution in [1.29, 1.82) is 0 Å². The number of carbonyl (C=O) groups is 1. The highest BCUT2D eigenvalue weighted by Gasteiger charge is 2.14. The van der Waals surface area contributed by atoms with E-state index in [1.807, 2.05) is 28.8 Å². The summed E-state index contributed by atoms with van der Waals surface area (Å²) in [5, 5.41) is 14.7. The molecule has 0 atom stereocenters. The number of benzene rings is 3. The van der Waals surface area contributed by atoms with Crippen molar-refractivity contribution in [2.45, 2.75) is 32.7 Å². The van der Waals surface area contributed by atoms with Gasteiger partial charge in [-0.05, 0) is 51.6 Å². The number of hydrogen-bond donors (Lipinski definition) is 1. The molecule has 0 aliphatic rings. The van der Waals surface area contributed by atoms with Gasteiger partial charge in [0.1, 0.15) is 11.5 Å². The zero-order valence-electron chi connectivity index (χ0n) is 19.6. The molecule has 0 radical (unpaired) electrons. The van der Waals surface area contributed by atoms with Crippen LogP contribution in [-0.2, 0) is 13.0 Å². The van der Waals surface area contributed by atoms with Gasteiger partial charge < -0.3 is 4.57 Å². The molecule has 0 saturated carbocycles. The number of carbonyl (C=O) groups excluding carboxylic acids is 1. The van der Waals surface area contributed by atoms with Crippen LogP contribution < -0.4 is 0 Å². The summed E-state index contributed by atoms with van der Waals surface area (Å²) < 4.78 is 2.01. The maximum Gasteiger partial charge on any atom is 0.205 e. The molecule has 174 valence electrons. The van der Waals surface area contributed by atoms with Gasteiger partial charge in [-0.15, -0.1) is 10.2 Å². The van der Waals surface area contributed by atoms with E-state index in [4.69, 9.17) is 0 Å². The van der Waals surface area contributed by atoms with E-state index in [9.17, 15) is 4.79 Å². The fourth-order valence-corrected chi connectivity index (χ4v) is 4.28. The van der Waals surface area contributed by atoms with Crippen LogP contribution >= 0.6 is 0 Å². The van der Waals surface area contributed by atoms with Gasteiger partial charge in [0, 0.05) is 18.5 Å². The third-order valence-electron chi connectivity index (χ3n) is 6.16. The lowest BCUT2D eigenvalue weighted by Crippen LogP contribution is -2.08. The fourth-order valence-electron chi connectivity index (χ4n) is 4.28. The highest BCUT2D eigenvalue weighted by molar-refractivity contribution is 5.84. The summed E-state index contributed by atoms with van der Waals surface area (Å²) >= 11 is 0. The van der Waals surface area contributed by atoms with Crippen LogP contribution in [0.25, 0.3) is 33.6 Å². The van der Waals surface area contributed by atoms with Crippen LogP contribution in [0, 0.1) is 0 Å². The maximum absolute atomic E-state index is 11.6. The third kappa shape index (κ3) is 4.80. The minimum absolute atomic E-state index is 0.554. The first-order chi connectivity index (χ1) is 17.3. The monoisotopic (exact) mass is 462 g/mol. The average Bonchev–Trinajstić information content (AvgIpc) is 3.58. The lowest BCUT2D eigenvalue weighted by molar-refractivity contribution is 0.111. The van der Waals surface area contributed by atoms with Crippen LogP contribution in [-0.4, -0.2) is 36.5 Å². The fraction of sp³-hybridized carbons (Fsp3) is 0.179. The first-order valence-corrected chi connectivity index (χ1v) is 11.8. The molecular weight excluding hydrogens is 436 g/mol. The summed E-state index contributed by atoms with van der Waals surface area (Å²) in [4.78, 5) is 16.0. The molecule has 2 heterocycles. The Morgan fingerprint density at radius 1 is 0.914 bits per heavy atom. The van der Waals surface area contributed by atoms with Gasteiger partial charge in [0.15, 0.2) is 6.29 Å². The summed E-state index contributed by atoms with van der Waals surface area (Å²) in [7, 11) is 0. The van der Waals surface area contributed by atoms with Crippen molar-refractivity contribution in [3.63, 3.8) is 0 Å². The number of nitrogens with one attached hydrogen (secondary N) is 1. The lowest BCUT2D eigenvalue weighted by atomic mass is 9.93. The number of imidazole rings is 1. The van der Waals surface area contributed by atoms with Crippen molar-refractivity contribution < 1.29 is 4.79 Å². The number of unbranched alkanes of at least 4 members (excludes halogenated alkanes) is 1. The highest BCUT2D eigenvalue weighted by Crippen LogP contribution is 2.34. The Morgan fingerprint density at radius 3 is 2.43 bits per heavy atom. The molecule has 0 fully saturated rings. The summed E-state index contributed by atoms with van der Waals surface area (Å²) in [5.74, 6) is 1.51. The molecule has 0 spiro atoms. The molecule has 35 heavy (non-hydrogen) atoms. The first kappa shape index (κ1) is 22.4. The van der Waals surface area contributed by atoms with Gasteiger partial charge in [0.25, 0.3) is 0 Å². The van der Waals surface area contributed by atoms with Gasteiger partial charge in [-0.2, -0.15) is 5.21 Å². The second-order valence-corrected chi connectivity index (χ2v) is 8.47. The molecule has 0 amide bonds. The Kier molecular flexibility index (Phi) is 6.57. The second-order valence-electron chi connectivity index (χ2n) is 8.47. The normalized spacial score (nSPS) is 11.0. The van der Waals surface area contributed by atoms with Crippen molar-refractivity contribution in [2.24, 2.45) is 0 Å². The summed E-state index contributed by atoms with van der Waals surface area (Å²) in [6.07, 6.45) is 5.54. The molecule has 7 heteroatoms. The van der Waals surface area contributed by atoms with Gasteiger partial charge >= 0.3 is 0 Å². The van der Waals surface area contributed by atoms with Crippen molar-refractivity contribution in [2.75, 3.05) is 0 Å². The standard InChI is InChI=1S/C28H26N6O/c1-2-3-9-27-29-17-24(19-35)34(27)18-20-10-12-22(13-11-20)26-16-23(21-7-5-4-6-8-21)14-15-25(26)28-30-32-33-31-28/h4-8,10-17,19H,2-3,9,18H2,1H3,(H,30,31,32,33). The van der Waals surface area contributed by atoms with E-state index in [0.29, 0.717) is 18.1 Å². The van der Waals surface area contributed by atoms with E-state index >= 15 is 0 Å². The van der Waals surface area contributed by atoms with Crippen LogP contribution in [0.2, 0.25) is 0 Å². The number of rotatable bonds is 9. The predicted molar refractivity (Wildman–Crippen MR) is 136 cm³/mol. The first-order valence-electron chi connectivity index (χ1n) is 11.8. The summed E-state index contributed by atoms with van der Waals surface area (Å²) in [6, 6.07) is 25.0. The molecule has 0 unspecified atom stereocenters. The van der Waals surface area contributed by atoms with Gasteiger partial charge in [-0.1, -0.05) is 74.0 Å². The molecule has 0 saturated heterocycles. The number of aldehydes is 1. The SMILES string of the molecule is CCCCc1ncc(C=O)n1Cc1ccc(-c2cc(-c3ccccc3)ccc2-c2nn[nH]n2)cc1. The number of aromatic amines is 1. The largest absolute Gasteiger partial charge is 0.321 e. The second kappa shape index (κ2) is 10.3. The van der Waals surface area contributed by atoms with Gasteiger partial charge in [0.2, 0.25) is 5.82 Å². The van der Waals surface area contributed by atoms with Crippen LogP contribution in [0.1, 0.15) is 41.6 Å². The van der Waals surface area contributed by atoms with Crippen LogP contribution in [0.5, 0.6) is 0 Å². The molecule has 5 aromatic rings. The molecule has 0 aliphatic carbocycles. The molecule has 1 N–H and O–H groups in total. The van der Waals surface area contributed by atoms with Gasteiger partial charge in [-0.3, -0.25) is 4.79 Å². The molecule has 5 rings (SSSR count). The number of H-pyrrole nitrogens is 1. The lowest BCUT2D eigenvalue weighted by Gasteiger charge is -2.13. The van der Waals surface area contributed by atoms with Crippen molar-refractivity contribution in [3.8, 4) is 33.6 Å². The molecule has 7 nitrogen and oxygen atoms in total. The minimum atomic E-state index is 0.554. The van der Waals surface area contributed by atoms with Gasteiger partial charge in [0.05, 0.1) is 6.20 Å². The average molecular weight is 463 g/mol. The van der Waals surface area contributed by atoms with E-state index < -0.39 is 0 Å². The van der Waals surface area contributed by atoms with Crippen LogP contribution in [0.3, 0.4) is 0 Å². The third-order valence-corrected chi connectivity index (χ3v) is 6.16. The quantitative estimate of drug-likeness (QED) is 0.288. The van der Waals surface area contributed by atoms with Crippen LogP contribution in [0.15, 0.2) is 79.0 Å². The Balaban J connectivity index is 1.49. The molecule has 0 aliphatic heterocycles. The Labute approximate surface area is 203 Å². The molecule has 3 aromatic carbocycles. The zero-order valence-corrected chi connectivity index (χ0v) is 19.6. The summed E-state index contributed by atoms with van der Waals surface area (Å²) in [5.41, 5.74) is 6.96. The van der Waals surface area contributed by atoms with E-state index in [0.717, 1.165) is 64.8 Å². The van der Waals surface area contributed by atoms with Crippen LogP contribution in [0.4, 0.5) is 0 Å². The number of aryl methyl sites for hydroxylation is 1. The van der Waals surface area contributed by atoms with E-state index in [1.165, 1.54) is 0 Å². The van der Waals surface area contributed by atoms with E-state index in [1.54, 1.807) is 6.20 Å². The predicted octanol–water partition coefficient (Wildman–Crippen LogP) is 5.60. The maximum atomic E-state index is 11.6. The highest BCUT2D eigenvalue weighted by atomic mass is 16.1. The number of aromatic nitrogens is 6. The van der Waals surface area contributed by atoms with E-state index in [-0.39, 0.29) is 0 Å². The number of tetrazole rings is 1. The van der Waals surface area contributed by atoms with Crippen molar-refractivity contribution in [1.82, 2.24) is 30.2 Å². The number of hydrogen-bond acceptors (Lipinski definition) is 5. The Bertz CT molecular complexity index is 1410. The molecule has 0 bridgehead atoms. The number of nitrogens with zero attached hydrogens (tertiary/aromatic N) is 5. The van der Waals surface area contributed by atoms with Crippen molar-refractivity contribution in [3.05, 3.63) is 96.1 Å². The van der Waals surface area contributed by atoms with Crippen molar-refractivity contribution >= 4 is 6.29 Å². The zero-order chi connectivity index (χ0) is 24.0.